The Morgan fingerprint density at radius 1 is 0.974 bits per heavy atom. The van der Waals surface area contributed by atoms with Crippen LogP contribution in [0, 0.1) is 25.2 Å². The topological polar surface area (TPSA) is 153 Å². The van der Waals surface area contributed by atoms with Crippen molar-refractivity contribution >= 4 is 27.7 Å². The molecule has 0 saturated carbocycles. The summed E-state index contributed by atoms with van der Waals surface area (Å²) >= 11 is 1.26. The van der Waals surface area contributed by atoms with Crippen molar-refractivity contribution < 1.29 is 9.53 Å². The molecule has 0 aromatic carbocycles. The quantitative estimate of drug-likeness (QED) is 0.322. The van der Waals surface area contributed by atoms with Gasteiger partial charge in [-0.25, -0.2) is 19.9 Å². The zero-order valence-electron chi connectivity index (χ0n) is 22.0. The van der Waals surface area contributed by atoms with Gasteiger partial charge in [0.25, 0.3) is 5.91 Å². The lowest BCUT2D eigenvalue weighted by molar-refractivity contribution is 0.100. The van der Waals surface area contributed by atoms with Crippen LogP contribution in [0.3, 0.4) is 0 Å². The second kappa shape index (κ2) is 9.81. The van der Waals surface area contributed by atoms with Crippen molar-refractivity contribution in [3.8, 4) is 45.0 Å². The van der Waals surface area contributed by atoms with Crippen molar-refractivity contribution in [3.05, 3.63) is 65.4 Å². The number of aryl methyl sites for hydroxylation is 2. The molecule has 1 amide bonds. The number of carbonyl (C=O) groups is 1. The molecule has 2 N–H and O–H groups in total. The number of amides is 1. The van der Waals surface area contributed by atoms with E-state index in [1.54, 1.807) is 31.8 Å². The van der Waals surface area contributed by atoms with Gasteiger partial charge in [-0.05, 0) is 51.5 Å². The van der Waals surface area contributed by atoms with Crippen molar-refractivity contribution in [2.45, 2.75) is 33.1 Å². The van der Waals surface area contributed by atoms with E-state index in [9.17, 15) is 10.1 Å². The first-order chi connectivity index (χ1) is 18.6. The Bertz CT molecular complexity index is 1790. The maximum atomic E-state index is 12.8. The fraction of sp³-hybridized carbons (Fsp3) is 0.214. The van der Waals surface area contributed by atoms with Crippen molar-refractivity contribution in [1.82, 2.24) is 29.9 Å². The molecule has 0 unspecified atom stereocenters. The highest BCUT2D eigenvalue weighted by Gasteiger charge is 2.25. The number of nitriles is 1. The van der Waals surface area contributed by atoms with Crippen LogP contribution < -0.4 is 10.5 Å². The molecule has 11 heteroatoms. The molecule has 5 heterocycles. The highest BCUT2D eigenvalue weighted by atomic mass is 32.1. The van der Waals surface area contributed by atoms with Crippen molar-refractivity contribution in [2.75, 3.05) is 7.11 Å². The van der Waals surface area contributed by atoms with Crippen LogP contribution in [-0.4, -0.2) is 42.9 Å². The molecule has 39 heavy (non-hydrogen) atoms. The summed E-state index contributed by atoms with van der Waals surface area (Å²) in [4.78, 5) is 40.6. The van der Waals surface area contributed by atoms with E-state index in [0.717, 1.165) is 11.3 Å². The number of nitrogens with zero attached hydrogens (tertiary/aromatic N) is 7. The summed E-state index contributed by atoms with van der Waals surface area (Å²) in [6.07, 6.45) is 4.88. The zero-order chi connectivity index (χ0) is 27.9. The fourth-order valence-electron chi connectivity index (χ4n) is 4.14. The van der Waals surface area contributed by atoms with E-state index in [-0.39, 0.29) is 5.56 Å². The number of rotatable bonds is 6. The van der Waals surface area contributed by atoms with Gasteiger partial charge in [0.15, 0.2) is 10.5 Å². The number of pyridine rings is 3. The van der Waals surface area contributed by atoms with E-state index in [1.165, 1.54) is 11.3 Å². The van der Waals surface area contributed by atoms with Crippen LogP contribution in [0.2, 0.25) is 0 Å². The first-order valence-corrected chi connectivity index (χ1v) is 12.8. The molecule has 5 aromatic heterocycles. The number of fused-ring (bicyclic) bond motifs is 1. The molecule has 0 aliphatic rings. The number of aromatic nitrogens is 6. The molecule has 194 valence electrons. The highest BCUT2D eigenvalue weighted by molar-refractivity contribution is 7.21. The predicted molar refractivity (Wildman–Crippen MR) is 148 cm³/mol. The molecule has 0 bridgehead atoms. The summed E-state index contributed by atoms with van der Waals surface area (Å²) in [6, 6.07) is 9.59. The van der Waals surface area contributed by atoms with Gasteiger partial charge in [-0.15, -0.1) is 0 Å². The Balaban J connectivity index is 1.63. The van der Waals surface area contributed by atoms with Gasteiger partial charge in [-0.3, -0.25) is 14.8 Å². The molecular formula is C28H24N8O2S. The number of primary amides is 1. The van der Waals surface area contributed by atoms with Crippen LogP contribution >= 0.6 is 11.3 Å². The average molecular weight is 537 g/mol. The van der Waals surface area contributed by atoms with E-state index in [4.69, 9.17) is 15.5 Å². The number of carbonyl (C=O) groups excluding carboxylic acids is 1. The van der Waals surface area contributed by atoms with Crippen molar-refractivity contribution in [1.29, 1.82) is 5.26 Å². The summed E-state index contributed by atoms with van der Waals surface area (Å²) < 4.78 is 5.52. The monoisotopic (exact) mass is 536 g/mol. The standard InChI is InChI=1S/C28H24N8O2S/c1-14-8-17(21(38-5)12-31-14)18-9-15(2)34-23(22(18)24(30)37)26-36-25-27(39-26)35-20(11-33-25)19-7-6-16(10-32-19)28(3,4)13-29/h6-12H,1-5H3,(H2,30,37). The van der Waals surface area contributed by atoms with Gasteiger partial charge >= 0.3 is 0 Å². The summed E-state index contributed by atoms with van der Waals surface area (Å²) in [7, 11) is 1.55. The maximum absolute atomic E-state index is 12.8. The first kappa shape index (κ1) is 25.8. The number of hydrogen-bond donors (Lipinski definition) is 1. The molecule has 0 saturated heterocycles. The summed E-state index contributed by atoms with van der Waals surface area (Å²) in [6.45, 7) is 7.37. The third-order valence-electron chi connectivity index (χ3n) is 6.26. The Morgan fingerprint density at radius 3 is 2.41 bits per heavy atom. The average Bonchev–Trinajstić information content (AvgIpc) is 3.36. The van der Waals surface area contributed by atoms with Crippen LogP contribution in [-0.2, 0) is 5.41 Å². The summed E-state index contributed by atoms with van der Waals surface area (Å²) in [5, 5.41) is 9.85. The minimum atomic E-state index is -0.648. The molecule has 10 nitrogen and oxygen atoms in total. The lowest BCUT2D eigenvalue weighted by atomic mass is 9.87. The fourth-order valence-corrected chi connectivity index (χ4v) is 5.03. The molecule has 0 aliphatic carbocycles. The van der Waals surface area contributed by atoms with Crippen molar-refractivity contribution in [2.24, 2.45) is 5.73 Å². The Labute approximate surface area is 228 Å². The number of ether oxygens (including phenoxy) is 1. The Morgan fingerprint density at radius 2 is 1.74 bits per heavy atom. The molecule has 5 aromatic rings. The minimum Gasteiger partial charge on any atom is -0.494 e. The minimum absolute atomic E-state index is 0.223. The lowest BCUT2D eigenvalue weighted by Crippen LogP contribution is -2.16. The molecule has 0 atom stereocenters. The van der Waals surface area contributed by atoms with Gasteiger partial charge in [0.1, 0.15) is 22.1 Å². The first-order valence-electron chi connectivity index (χ1n) is 12.0. The van der Waals surface area contributed by atoms with E-state index in [2.05, 4.69) is 31.0 Å². The SMILES string of the molecule is COc1cnc(C)cc1-c1cc(C)nc(-c2nc3ncc(-c4ccc(C(C)(C)C#N)cn4)nc3s2)c1C(N)=O. The molecular weight excluding hydrogens is 512 g/mol. The maximum Gasteiger partial charge on any atom is 0.251 e. The van der Waals surface area contributed by atoms with Gasteiger partial charge in [0.2, 0.25) is 0 Å². The van der Waals surface area contributed by atoms with Gasteiger partial charge in [-0.2, -0.15) is 5.26 Å². The van der Waals surface area contributed by atoms with Crippen LogP contribution in [0.25, 0.3) is 43.7 Å². The Hall–Kier alpha value is -4.82. The van der Waals surface area contributed by atoms with E-state index in [1.807, 2.05) is 45.9 Å². The second-order valence-corrected chi connectivity index (χ2v) is 10.5. The van der Waals surface area contributed by atoms with Crippen LogP contribution in [0.1, 0.15) is 41.2 Å². The van der Waals surface area contributed by atoms with E-state index < -0.39 is 11.3 Å². The molecule has 0 aliphatic heterocycles. The van der Waals surface area contributed by atoms with Gasteiger partial charge in [0.05, 0.1) is 42.2 Å². The predicted octanol–water partition coefficient (Wildman–Crippen LogP) is 4.80. The molecule has 5 rings (SSSR count). The van der Waals surface area contributed by atoms with Crippen molar-refractivity contribution in [3.63, 3.8) is 0 Å². The normalized spacial score (nSPS) is 11.4. The summed E-state index contributed by atoms with van der Waals surface area (Å²) in [5.74, 6) is -0.136. The summed E-state index contributed by atoms with van der Waals surface area (Å²) in [5.41, 5.74) is 10.9. The van der Waals surface area contributed by atoms with Gasteiger partial charge in [-0.1, -0.05) is 17.4 Å². The molecule has 0 spiro atoms. The highest BCUT2D eigenvalue weighted by Crippen LogP contribution is 2.38. The molecule has 0 fully saturated rings. The Kier molecular flexibility index (Phi) is 6.49. The van der Waals surface area contributed by atoms with E-state index >= 15 is 0 Å². The third kappa shape index (κ3) is 4.78. The van der Waals surface area contributed by atoms with Crippen LogP contribution in [0.15, 0.2) is 42.9 Å². The zero-order valence-corrected chi connectivity index (χ0v) is 22.8. The molecule has 0 radical (unpaired) electrons. The second-order valence-electron chi connectivity index (χ2n) is 9.50. The number of methoxy groups -OCH3 is 1. The lowest BCUT2D eigenvalue weighted by Gasteiger charge is -2.15. The van der Waals surface area contributed by atoms with Crippen LogP contribution in [0.4, 0.5) is 0 Å². The van der Waals surface area contributed by atoms with Gasteiger partial charge < -0.3 is 10.5 Å². The van der Waals surface area contributed by atoms with Crippen LogP contribution in [0.5, 0.6) is 5.75 Å². The number of hydrogen-bond acceptors (Lipinski definition) is 10. The van der Waals surface area contributed by atoms with Gasteiger partial charge in [0, 0.05) is 28.7 Å². The number of nitrogens with two attached hydrogens (primary N) is 1. The van der Waals surface area contributed by atoms with E-state index in [0.29, 0.717) is 55.1 Å². The number of thiazole rings is 1. The third-order valence-corrected chi connectivity index (χ3v) is 7.21. The largest absolute Gasteiger partial charge is 0.494 e. The smallest absolute Gasteiger partial charge is 0.251 e.